The first-order chi connectivity index (χ1) is 9.65. The Kier molecular flexibility index (Phi) is 4.78. The minimum Gasteiger partial charge on any atom is -0.457 e. The number of hydrogen-bond acceptors (Lipinski definition) is 1. The highest BCUT2D eigenvalue weighted by Crippen LogP contribution is 2.30. The van der Waals surface area contributed by atoms with Crippen LogP contribution in [0.5, 0.6) is 11.5 Å². The number of aryl methyl sites for hydroxylation is 1. The van der Waals surface area contributed by atoms with E-state index >= 15 is 0 Å². The molecule has 0 atom stereocenters. The highest BCUT2D eigenvalue weighted by molar-refractivity contribution is 5.43. The van der Waals surface area contributed by atoms with Gasteiger partial charge in [0, 0.05) is 5.56 Å². The lowest BCUT2D eigenvalue weighted by Crippen LogP contribution is -1.98. The SMILES string of the molecule is CCCc1c(Oc2cccc(CC)c2)ccc(F)c1C. The number of rotatable bonds is 5. The van der Waals surface area contributed by atoms with Crippen molar-refractivity contribution in [3.8, 4) is 11.5 Å². The van der Waals surface area contributed by atoms with Gasteiger partial charge in [0.15, 0.2) is 0 Å². The van der Waals surface area contributed by atoms with E-state index in [4.69, 9.17) is 4.74 Å². The van der Waals surface area contributed by atoms with Gasteiger partial charge in [-0.15, -0.1) is 0 Å². The third-order valence-electron chi connectivity index (χ3n) is 3.52. The van der Waals surface area contributed by atoms with Crippen molar-refractivity contribution in [2.24, 2.45) is 0 Å². The fourth-order valence-corrected chi connectivity index (χ4v) is 2.32. The monoisotopic (exact) mass is 272 g/mol. The van der Waals surface area contributed by atoms with Crippen LogP contribution in [0.4, 0.5) is 4.39 Å². The quantitative estimate of drug-likeness (QED) is 0.704. The molecule has 0 aliphatic carbocycles. The van der Waals surface area contributed by atoms with Crippen LogP contribution < -0.4 is 4.74 Å². The summed E-state index contributed by atoms with van der Waals surface area (Å²) in [5, 5.41) is 0. The van der Waals surface area contributed by atoms with Crippen molar-refractivity contribution in [1.82, 2.24) is 0 Å². The van der Waals surface area contributed by atoms with Crippen LogP contribution in [0, 0.1) is 12.7 Å². The predicted octanol–water partition coefficient (Wildman–Crippen LogP) is 5.44. The summed E-state index contributed by atoms with van der Waals surface area (Å²) >= 11 is 0. The van der Waals surface area contributed by atoms with E-state index in [1.165, 1.54) is 11.6 Å². The van der Waals surface area contributed by atoms with Crippen LogP contribution in [0.15, 0.2) is 36.4 Å². The number of hydrogen-bond donors (Lipinski definition) is 0. The van der Waals surface area contributed by atoms with Crippen LogP contribution in [-0.2, 0) is 12.8 Å². The molecule has 0 bridgehead atoms. The Morgan fingerprint density at radius 2 is 1.90 bits per heavy atom. The van der Waals surface area contributed by atoms with Crippen LogP contribution in [0.2, 0.25) is 0 Å². The zero-order valence-electron chi connectivity index (χ0n) is 12.4. The number of ether oxygens (including phenoxy) is 1. The summed E-state index contributed by atoms with van der Waals surface area (Å²) in [6, 6.07) is 11.3. The van der Waals surface area contributed by atoms with Gasteiger partial charge in [0.1, 0.15) is 17.3 Å². The first kappa shape index (κ1) is 14.6. The molecule has 0 heterocycles. The molecule has 106 valence electrons. The van der Waals surface area contributed by atoms with Crippen molar-refractivity contribution in [2.75, 3.05) is 0 Å². The molecule has 2 heteroatoms. The first-order valence-electron chi connectivity index (χ1n) is 7.20. The van der Waals surface area contributed by atoms with Crippen molar-refractivity contribution >= 4 is 0 Å². The summed E-state index contributed by atoms with van der Waals surface area (Å²) in [6.45, 7) is 6.02. The molecule has 2 rings (SSSR count). The second kappa shape index (κ2) is 6.56. The smallest absolute Gasteiger partial charge is 0.131 e. The molecular weight excluding hydrogens is 251 g/mol. The molecule has 2 aromatic carbocycles. The third-order valence-corrected chi connectivity index (χ3v) is 3.52. The van der Waals surface area contributed by atoms with Crippen molar-refractivity contribution in [3.05, 3.63) is 58.9 Å². The van der Waals surface area contributed by atoms with Gasteiger partial charge >= 0.3 is 0 Å². The topological polar surface area (TPSA) is 9.23 Å². The first-order valence-corrected chi connectivity index (χ1v) is 7.20. The summed E-state index contributed by atoms with van der Waals surface area (Å²) in [4.78, 5) is 0. The Labute approximate surface area is 120 Å². The molecule has 0 spiro atoms. The van der Waals surface area contributed by atoms with Crippen molar-refractivity contribution in [1.29, 1.82) is 0 Å². The van der Waals surface area contributed by atoms with Gasteiger partial charge in [-0.25, -0.2) is 4.39 Å². The van der Waals surface area contributed by atoms with Gasteiger partial charge in [-0.1, -0.05) is 32.4 Å². The molecule has 0 N–H and O–H groups in total. The van der Waals surface area contributed by atoms with E-state index in [0.29, 0.717) is 5.56 Å². The average Bonchev–Trinajstić information content (AvgIpc) is 2.47. The van der Waals surface area contributed by atoms with Gasteiger partial charge in [-0.2, -0.15) is 0 Å². The molecule has 0 saturated carbocycles. The Bertz CT molecular complexity index is 590. The fourth-order valence-electron chi connectivity index (χ4n) is 2.32. The minimum absolute atomic E-state index is 0.164. The highest BCUT2D eigenvalue weighted by atomic mass is 19.1. The van der Waals surface area contributed by atoms with Gasteiger partial charge < -0.3 is 4.74 Å². The Balaban J connectivity index is 2.34. The lowest BCUT2D eigenvalue weighted by molar-refractivity contribution is 0.471. The largest absolute Gasteiger partial charge is 0.457 e. The lowest BCUT2D eigenvalue weighted by Gasteiger charge is -2.14. The van der Waals surface area contributed by atoms with Crippen molar-refractivity contribution < 1.29 is 9.13 Å². The molecule has 0 radical (unpaired) electrons. The van der Waals surface area contributed by atoms with E-state index in [1.54, 1.807) is 6.07 Å². The molecule has 20 heavy (non-hydrogen) atoms. The standard InChI is InChI=1S/C18H21FO/c1-4-7-16-13(3)17(19)10-11-18(16)20-15-9-6-8-14(5-2)12-15/h6,8-12H,4-5,7H2,1-3H3. The van der Waals surface area contributed by atoms with E-state index in [0.717, 1.165) is 36.3 Å². The molecule has 2 aromatic rings. The zero-order valence-corrected chi connectivity index (χ0v) is 12.4. The molecule has 1 nitrogen and oxygen atoms in total. The van der Waals surface area contributed by atoms with Crippen LogP contribution in [0.1, 0.15) is 37.0 Å². The molecule has 0 unspecified atom stereocenters. The second-order valence-corrected chi connectivity index (χ2v) is 5.00. The predicted molar refractivity (Wildman–Crippen MR) is 81.0 cm³/mol. The molecule has 0 aromatic heterocycles. The molecule has 0 saturated heterocycles. The van der Waals surface area contributed by atoms with E-state index in [9.17, 15) is 4.39 Å². The van der Waals surface area contributed by atoms with Gasteiger partial charge in [0.25, 0.3) is 0 Å². The Hall–Kier alpha value is -1.83. The average molecular weight is 272 g/mol. The van der Waals surface area contributed by atoms with Gasteiger partial charge in [-0.3, -0.25) is 0 Å². The van der Waals surface area contributed by atoms with Gasteiger partial charge in [0.05, 0.1) is 0 Å². The summed E-state index contributed by atoms with van der Waals surface area (Å²) < 4.78 is 19.7. The van der Waals surface area contributed by atoms with Gasteiger partial charge in [-0.05, 0) is 55.2 Å². The van der Waals surface area contributed by atoms with Crippen LogP contribution in [0.25, 0.3) is 0 Å². The van der Waals surface area contributed by atoms with E-state index in [-0.39, 0.29) is 5.82 Å². The maximum atomic E-state index is 13.7. The lowest BCUT2D eigenvalue weighted by atomic mass is 10.0. The zero-order chi connectivity index (χ0) is 14.5. The second-order valence-electron chi connectivity index (χ2n) is 5.00. The minimum atomic E-state index is -0.164. The van der Waals surface area contributed by atoms with Gasteiger partial charge in [0.2, 0.25) is 0 Å². The number of halogens is 1. The summed E-state index contributed by atoms with van der Waals surface area (Å²) in [7, 11) is 0. The number of benzene rings is 2. The normalized spacial score (nSPS) is 10.6. The third kappa shape index (κ3) is 3.19. The maximum Gasteiger partial charge on any atom is 0.131 e. The summed E-state index contributed by atoms with van der Waals surface area (Å²) in [6.07, 6.45) is 2.77. The van der Waals surface area contributed by atoms with Crippen LogP contribution in [-0.4, -0.2) is 0 Å². The van der Waals surface area contributed by atoms with E-state index in [1.807, 2.05) is 25.1 Å². The van der Waals surface area contributed by atoms with E-state index in [2.05, 4.69) is 19.9 Å². The molecule has 0 aliphatic heterocycles. The van der Waals surface area contributed by atoms with Crippen LogP contribution in [0.3, 0.4) is 0 Å². The molecule has 0 aliphatic rings. The van der Waals surface area contributed by atoms with Crippen molar-refractivity contribution in [2.45, 2.75) is 40.0 Å². The highest BCUT2D eigenvalue weighted by Gasteiger charge is 2.11. The Morgan fingerprint density at radius 3 is 2.60 bits per heavy atom. The van der Waals surface area contributed by atoms with Crippen LogP contribution >= 0.6 is 0 Å². The van der Waals surface area contributed by atoms with Crippen molar-refractivity contribution in [3.63, 3.8) is 0 Å². The summed E-state index contributed by atoms with van der Waals surface area (Å²) in [5.74, 6) is 1.41. The van der Waals surface area contributed by atoms with E-state index < -0.39 is 0 Å². The molecule has 0 fully saturated rings. The maximum absolute atomic E-state index is 13.7. The summed E-state index contributed by atoms with van der Waals surface area (Å²) in [5.41, 5.74) is 2.89. The Morgan fingerprint density at radius 1 is 1.10 bits per heavy atom. The molecular formula is C18H21FO. The molecule has 0 amide bonds. The fraction of sp³-hybridized carbons (Fsp3) is 0.333.